The summed E-state index contributed by atoms with van der Waals surface area (Å²) in [6.45, 7) is 8.64. The minimum Gasteiger partial charge on any atom is -0.353 e. The van der Waals surface area contributed by atoms with Crippen LogP contribution in [0.4, 0.5) is 4.79 Å². The second-order valence-corrected chi connectivity index (χ2v) is 2.87. The maximum absolute atomic E-state index is 11.0. The zero-order chi connectivity index (χ0) is 12.4. The third kappa shape index (κ3) is 7.57. The third-order valence-corrected chi connectivity index (χ3v) is 1.46. The molecule has 0 aromatic carbocycles. The van der Waals surface area contributed by atoms with Crippen molar-refractivity contribution >= 4 is 11.9 Å². The summed E-state index contributed by atoms with van der Waals surface area (Å²) in [5, 5.41) is 7.37. The first kappa shape index (κ1) is 14.2. The molecule has 90 valence electrons. The van der Waals surface area contributed by atoms with Crippen LogP contribution in [0.15, 0.2) is 25.4 Å². The zero-order valence-electron chi connectivity index (χ0n) is 9.29. The van der Waals surface area contributed by atoms with Crippen LogP contribution >= 0.6 is 0 Å². The molecule has 0 fully saturated rings. The molecule has 0 spiro atoms. The first-order valence-corrected chi connectivity index (χ1v) is 4.75. The van der Waals surface area contributed by atoms with Gasteiger partial charge < -0.3 is 20.7 Å². The number of hydrogen-bond acceptors (Lipinski definition) is 3. The molecule has 0 heterocycles. The summed E-state index contributed by atoms with van der Waals surface area (Å²) >= 11 is 0. The highest BCUT2D eigenvalue weighted by atomic mass is 16.5. The second-order valence-electron chi connectivity index (χ2n) is 2.87. The molecule has 6 heteroatoms. The van der Waals surface area contributed by atoms with E-state index in [1.807, 2.05) is 0 Å². The molecule has 6 nitrogen and oxygen atoms in total. The van der Waals surface area contributed by atoms with Gasteiger partial charge in [-0.1, -0.05) is 12.7 Å². The standard InChI is InChI=1S/C10H17N3O3/c1-4-6-16-9(13-8(3)14)7-12-10(15)11-5-2/h4-5,9H,1-2,6-7H2,3H3,(H,13,14)(H2,11,12,15). The molecule has 0 saturated carbocycles. The highest BCUT2D eigenvalue weighted by Crippen LogP contribution is 1.87. The van der Waals surface area contributed by atoms with Crippen LogP contribution < -0.4 is 16.0 Å². The number of urea groups is 1. The molecule has 0 aliphatic carbocycles. The Labute approximate surface area is 94.7 Å². The van der Waals surface area contributed by atoms with Crippen LogP contribution in [0.1, 0.15) is 6.92 Å². The highest BCUT2D eigenvalue weighted by Gasteiger charge is 2.10. The predicted molar refractivity (Wildman–Crippen MR) is 60.5 cm³/mol. The smallest absolute Gasteiger partial charge is 0.318 e. The summed E-state index contributed by atoms with van der Waals surface area (Å²) in [6, 6.07) is -0.410. The fraction of sp³-hybridized carbons (Fsp3) is 0.400. The Bertz CT molecular complexity index is 266. The molecule has 3 N–H and O–H groups in total. The lowest BCUT2D eigenvalue weighted by Gasteiger charge is -2.18. The molecule has 1 unspecified atom stereocenters. The number of ether oxygens (including phenoxy) is 1. The van der Waals surface area contributed by atoms with E-state index in [4.69, 9.17) is 4.74 Å². The molecule has 0 rings (SSSR count). The minimum atomic E-state index is -0.578. The van der Waals surface area contributed by atoms with Gasteiger partial charge in [0.2, 0.25) is 5.91 Å². The van der Waals surface area contributed by atoms with Crippen molar-refractivity contribution in [1.82, 2.24) is 16.0 Å². The van der Waals surface area contributed by atoms with Crippen LogP contribution in [0.3, 0.4) is 0 Å². The van der Waals surface area contributed by atoms with Crippen LogP contribution in [0.5, 0.6) is 0 Å². The Morgan fingerprint density at radius 2 is 2.12 bits per heavy atom. The van der Waals surface area contributed by atoms with Crippen LogP contribution in [0.25, 0.3) is 0 Å². The first-order valence-electron chi connectivity index (χ1n) is 4.75. The topological polar surface area (TPSA) is 79.5 Å². The van der Waals surface area contributed by atoms with Crippen molar-refractivity contribution in [2.24, 2.45) is 0 Å². The van der Waals surface area contributed by atoms with E-state index in [1.54, 1.807) is 6.08 Å². The van der Waals surface area contributed by atoms with Gasteiger partial charge in [-0.3, -0.25) is 4.79 Å². The van der Waals surface area contributed by atoms with Gasteiger partial charge in [-0.2, -0.15) is 0 Å². The molecule has 0 aliphatic heterocycles. The number of carbonyl (C=O) groups excluding carboxylic acids is 2. The summed E-state index contributed by atoms with van der Waals surface area (Å²) in [6.07, 6.45) is 2.23. The highest BCUT2D eigenvalue weighted by molar-refractivity contribution is 5.75. The molecule has 0 aliphatic rings. The predicted octanol–water partition coefficient (Wildman–Crippen LogP) is 0.0939. The van der Waals surface area contributed by atoms with Gasteiger partial charge in [0.1, 0.15) is 6.23 Å². The molecule has 0 aromatic rings. The molecule has 0 aromatic heterocycles. The van der Waals surface area contributed by atoms with E-state index in [-0.39, 0.29) is 19.1 Å². The van der Waals surface area contributed by atoms with E-state index in [9.17, 15) is 9.59 Å². The molecule has 1 atom stereocenters. The van der Waals surface area contributed by atoms with E-state index in [0.717, 1.165) is 0 Å². The Balaban J connectivity index is 3.98. The first-order chi connectivity index (χ1) is 7.60. The van der Waals surface area contributed by atoms with Gasteiger partial charge in [0.25, 0.3) is 0 Å². The number of rotatable bonds is 7. The largest absolute Gasteiger partial charge is 0.353 e. The lowest BCUT2D eigenvalue weighted by molar-refractivity contribution is -0.122. The molecular formula is C10H17N3O3. The summed E-state index contributed by atoms with van der Waals surface area (Å²) < 4.78 is 5.21. The van der Waals surface area contributed by atoms with Crippen molar-refractivity contribution in [2.75, 3.05) is 13.2 Å². The summed E-state index contributed by atoms with van der Waals surface area (Å²) in [7, 11) is 0. The number of hydrogen-bond donors (Lipinski definition) is 3. The van der Waals surface area contributed by atoms with Gasteiger partial charge in [0, 0.05) is 6.92 Å². The van der Waals surface area contributed by atoms with Crippen molar-refractivity contribution < 1.29 is 14.3 Å². The van der Waals surface area contributed by atoms with E-state index >= 15 is 0 Å². The quantitative estimate of drug-likeness (QED) is 0.426. The molecule has 3 amide bonds. The maximum Gasteiger partial charge on any atom is 0.318 e. The molecular weight excluding hydrogens is 210 g/mol. The van der Waals surface area contributed by atoms with Crippen molar-refractivity contribution in [3.05, 3.63) is 25.4 Å². The lowest BCUT2D eigenvalue weighted by Crippen LogP contribution is -2.46. The molecule has 0 saturated heterocycles. The lowest BCUT2D eigenvalue weighted by atomic mass is 10.5. The van der Waals surface area contributed by atoms with Gasteiger partial charge >= 0.3 is 6.03 Å². The SMILES string of the molecule is C=CCOC(CNC(=O)NC=C)NC(C)=O. The van der Waals surface area contributed by atoms with Crippen molar-refractivity contribution in [1.29, 1.82) is 0 Å². The fourth-order valence-corrected chi connectivity index (χ4v) is 0.892. The Hall–Kier alpha value is -1.82. The fourth-order valence-electron chi connectivity index (χ4n) is 0.892. The van der Waals surface area contributed by atoms with E-state index < -0.39 is 12.3 Å². The molecule has 0 bridgehead atoms. The van der Waals surface area contributed by atoms with Crippen molar-refractivity contribution in [3.63, 3.8) is 0 Å². The van der Waals surface area contributed by atoms with E-state index in [0.29, 0.717) is 0 Å². The van der Waals surface area contributed by atoms with Gasteiger partial charge in [-0.25, -0.2) is 4.79 Å². The third-order valence-electron chi connectivity index (χ3n) is 1.46. The van der Waals surface area contributed by atoms with Gasteiger partial charge in [0.05, 0.1) is 13.2 Å². The number of amides is 3. The van der Waals surface area contributed by atoms with Crippen molar-refractivity contribution in [3.8, 4) is 0 Å². The molecule has 0 radical (unpaired) electrons. The Kier molecular flexibility index (Phi) is 7.52. The number of nitrogens with one attached hydrogen (secondary N) is 3. The van der Waals surface area contributed by atoms with Gasteiger partial charge in [-0.15, -0.1) is 6.58 Å². The summed E-state index contributed by atoms with van der Waals surface area (Å²) in [4.78, 5) is 21.9. The summed E-state index contributed by atoms with van der Waals surface area (Å²) in [5.41, 5.74) is 0. The number of carbonyl (C=O) groups is 2. The van der Waals surface area contributed by atoms with Crippen LogP contribution in [0, 0.1) is 0 Å². The monoisotopic (exact) mass is 227 g/mol. The van der Waals surface area contributed by atoms with Crippen LogP contribution in [0.2, 0.25) is 0 Å². The van der Waals surface area contributed by atoms with E-state index in [1.165, 1.54) is 13.1 Å². The normalized spacial score (nSPS) is 11.1. The average molecular weight is 227 g/mol. The second kappa shape index (κ2) is 8.49. The zero-order valence-corrected chi connectivity index (χ0v) is 9.29. The van der Waals surface area contributed by atoms with Gasteiger partial charge in [0.15, 0.2) is 0 Å². The molecule has 16 heavy (non-hydrogen) atoms. The van der Waals surface area contributed by atoms with Crippen LogP contribution in [-0.2, 0) is 9.53 Å². The van der Waals surface area contributed by atoms with Gasteiger partial charge in [-0.05, 0) is 6.20 Å². The van der Waals surface area contributed by atoms with Crippen LogP contribution in [-0.4, -0.2) is 31.3 Å². The average Bonchev–Trinajstić information content (AvgIpc) is 2.22. The van der Waals surface area contributed by atoms with Crippen molar-refractivity contribution in [2.45, 2.75) is 13.2 Å². The Morgan fingerprint density at radius 3 is 2.62 bits per heavy atom. The minimum absolute atomic E-state index is 0.160. The Morgan fingerprint density at radius 1 is 1.44 bits per heavy atom. The van der Waals surface area contributed by atoms with E-state index in [2.05, 4.69) is 29.1 Å². The summed E-state index contributed by atoms with van der Waals surface area (Å²) in [5.74, 6) is -0.236. The maximum atomic E-state index is 11.0.